The molecule has 0 atom stereocenters. The molecular formula is C20H28NaO4P. The maximum Gasteiger partial charge on any atom is 1.00 e. The van der Waals surface area contributed by atoms with E-state index in [1.807, 2.05) is 71.0 Å². The zero-order valence-electron chi connectivity index (χ0n) is 17.5. The Hall–Kier alpha value is -0.450. The third-order valence-electron chi connectivity index (χ3n) is 4.51. The van der Waals surface area contributed by atoms with Gasteiger partial charge in [-0.3, -0.25) is 4.52 Å². The number of benzene rings is 2. The summed E-state index contributed by atoms with van der Waals surface area (Å²) < 4.78 is 17.4. The number of phosphoric ester groups is 1. The third kappa shape index (κ3) is 5.30. The monoisotopic (exact) mass is 386 g/mol. The van der Waals surface area contributed by atoms with Crippen molar-refractivity contribution in [2.24, 2.45) is 0 Å². The minimum atomic E-state index is -4.71. The summed E-state index contributed by atoms with van der Waals surface area (Å²) in [6, 6.07) is 11.8. The molecule has 0 aromatic heterocycles. The van der Waals surface area contributed by atoms with Gasteiger partial charge in [0.2, 0.25) is 0 Å². The van der Waals surface area contributed by atoms with Crippen LogP contribution in [0.5, 0.6) is 0 Å². The minimum Gasteiger partial charge on any atom is -1.00 e. The Bertz CT molecular complexity index is 768. The van der Waals surface area contributed by atoms with Crippen LogP contribution in [0.4, 0.5) is 0 Å². The molecular weight excluding hydrogens is 358 g/mol. The molecule has 2 rings (SSSR count). The van der Waals surface area contributed by atoms with Crippen LogP contribution in [0, 0.1) is 27.7 Å². The Morgan fingerprint density at radius 1 is 0.962 bits per heavy atom. The van der Waals surface area contributed by atoms with Crippen molar-refractivity contribution in [2.75, 3.05) is 0 Å². The average Bonchev–Trinajstić information content (AvgIpc) is 2.45. The predicted octanol–water partition coefficient (Wildman–Crippen LogP) is 2.19. The SMILES string of the molecule is CCCC(OP(=O)(O)O)(c1ccc(C)cc1C)c1ccc(C)cc1C.[H-].[Na+]. The summed E-state index contributed by atoms with van der Waals surface area (Å²) >= 11 is 0. The van der Waals surface area contributed by atoms with E-state index in [2.05, 4.69) is 0 Å². The van der Waals surface area contributed by atoms with E-state index in [1.54, 1.807) is 0 Å². The second-order valence-corrected chi connectivity index (χ2v) is 7.96. The summed E-state index contributed by atoms with van der Waals surface area (Å²) in [5.41, 5.74) is 4.55. The fraction of sp³-hybridized carbons (Fsp3) is 0.400. The summed E-state index contributed by atoms with van der Waals surface area (Å²) in [6.07, 6.45) is 1.20. The predicted molar refractivity (Wildman–Crippen MR) is 102 cm³/mol. The van der Waals surface area contributed by atoms with Gasteiger partial charge in [-0.05, 0) is 56.4 Å². The van der Waals surface area contributed by atoms with Crippen molar-refractivity contribution in [1.82, 2.24) is 0 Å². The first-order valence-electron chi connectivity index (χ1n) is 8.51. The zero-order chi connectivity index (χ0) is 18.8. The molecule has 138 valence electrons. The molecule has 0 aliphatic carbocycles. The molecule has 2 N–H and O–H groups in total. The van der Waals surface area contributed by atoms with Crippen molar-refractivity contribution in [3.8, 4) is 0 Å². The maximum absolute atomic E-state index is 11.9. The molecule has 2 aromatic carbocycles. The Kier molecular flexibility index (Phi) is 8.31. The number of hydrogen-bond acceptors (Lipinski definition) is 2. The van der Waals surface area contributed by atoms with Crippen LogP contribution in [0.3, 0.4) is 0 Å². The first-order valence-corrected chi connectivity index (χ1v) is 10.0. The maximum atomic E-state index is 11.9. The van der Waals surface area contributed by atoms with Crippen LogP contribution in [-0.4, -0.2) is 9.79 Å². The van der Waals surface area contributed by atoms with Crippen LogP contribution in [0.15, 0.2) is 36.4 Å². The van der Waals surface area contributed by atoms with Gasteiger partial charge in [0.1, 0.15) is 5.60 Å². The Morgan fingerprint density at radius 2 is 1.38 bits per heavy atom. The number of phosphoric acid groups is 1. The third-order valence-corrected chi connectivity index (χ3v) is 5.06. The molecule has 0 unspecified atom stereocenters. The van der Waals surface area contributed by atoms with Gasteiger partial charge < -0.3 is 11.2 Å². The topological polar surface area (TPSA) is 66.8 Å². The molecule has 0 bridgehead atoms. The molecule has 0 heterocycles. The summed E-state index contributed by atoms with van der Waals surface area (Å²) in [7, 11) is -4.71. The van der Waals surface area contributed by atoms with E-state index in [9.17, 15) is 14.4 Å². The summed E-state index contributed by atoms with van der Waals surface area (Å²) in [4.78, 5) is 19.4. The van der Waals surface area contributed by atoms with Crippen molar-refractivity contribution in [3.63, 3.8) is 0 Å². The van der Waals surface area contributed by atoms with Gasteiger partial charge in [-0.25, -0.2) is 4.57 Å². The Labute approximate surface area is 180 Å². The average molecular weight is 386 g/mol. The van der Waals surface area contributed by atoms with Gasteiger partial charge in [0.05, 0.1) is 0 Å². The molecule has 26 heavy (non-hydrogen) atoms. The normalized spacial score (nSPS) is 12.0. The largest absolute Gasteiger partial charge is 1.00 e. The second-order valence-electron chi connectivity index (χ2n) is 6.80. The molecule has 6 heteroatoms. The van der Waals surface area contributed by atoms with Crippen LogP contribution in [0.1, 0.15) is 54.6 Å². The van der Waals surface area contributed by atoms with Gasteiger partial charge in [0.25, 0.3) is 0 Å². The van der Waals surface area contributed by atoms with Crippen molar-refractivity contribution >= 4 is 7.82 Å². The van der Waals surface area contributed by atoms with Crippen molar-refractivity contribution in [2.45, 2.75) is 53.1 Å². The van der Waals surface area contributed by atoms with Crippen LogP contribution in [-0.2, 0) is 14.7 Å². The van der Waals surface area contributed by atoms with E-state index in [4.69, 9.17) is 4.52 Å². The summed E-state index contributed by atoms with van der Waals surface area (Å²) in [5.74, 6) is 0. The molecule has 4 nitrogen and oxygen atoms in total. The van der Waals surface area contributed by atoms with Crippen LogP contribution in [0.25, 0.3) is 0 Å². The van der Waals surface area contributed by atoms with E-state index in [0.717, 1.165) is 39.8 Å². The smallest absolute Gasteiger partial charge is 1.00 e. The number of aryl methyl sites for hydroxylation is 4. The Balaban J connectivity index is 0.00000338. The molecule has 0 fully saturated rings. The fourth-order valence-corrected chi connectivity index (χ4v) is 4.34. The molecule has 0 aliphatic heterocycles. The van der Waals surface area contributed by atoms with Gasteiger partial charge >= 0.3 is 37.4 Å². The van der Waals surface area contributed by atoms with Crippen molar-refractivity contribution in [1.29, 1.82) is 0 Å². The quantitative estimate of drug-likeness (QED) is 0.590. The fourth-order valence-electron chi connectivity index (χ4n) is 3.65. The van der Waals surface area contributed by atoms with Crippen LogP contribution in [0.2, 0.25) is 0 Å². The standard InChI is InChI=1S/C20H27O4P.Na.H/c1-6-11-20(24-25(21,22)23,18-9-7-14(2)12-16(18)4)19-10-8-15(3)13-17(19)5;;/h7-10,12-13H,6,11H2,1-5H3,(H2,21,22,23);;/q;+1;-1. The van der Waals surface area contributed by atoms with Gasteiger partial charge in [0.15, 0.2) is 0 Å². The molecule has 0 spiro atoms. The van der Waals surface area contributed by atoms with Gasteiger partial charge in [0, 0.05) is 0 Å². The summed E-state index contributed by atoms with van der Waals surface area (Å²) in [5, 5.41) is 0. The molecule has 0 amide bonds. The van der Waals surface area contributed by atoms with E-state index >= 15 is 0 Å². The number of rotatable bonds is 6. The van der Waals surface area contributed by atoms with E-state index < -0.39 is 13.4 Å². The molecule has 0 aliphatic rings. The van der Waals surface area contributed by atoms with E-state index in [1.165, 1.54) is 0 Å². The van der Waals surface area contributed by atoms with Crippen LogP contribution < -0.4 is 29.6 Å². The molecule has 0 saturated carbocycles. The first kappa shape index (κ1) is 23.6. The molecule has 0 radical (unpaired) electrons. The van der Waals surface area contributed by atoms with Gasteiger partial charge in [-0.15, -0.1) is 0 Å². The van der Waals surface area contributed by atoms with E-state index in [-0.39, 0.29) is 31.0 Å². The Morgan fingerprint density at radius 3 is 1.69 bits per heavy atom. The van der Waals surface area contributed by atoms with Crippen molar-refractivity contribution in [3.05, 3.63) is 69.8 Å². The minimum absolute atomic E-state index is 0. The first-order chi connectivity index (χ1) is 11.6. The van der Waals surface area contributed by atoms with Gasteiger partial charge in [-0.1, -0.05) is 60.9 Å². The molecule has 0 saturated heterocycles. The zero-order valence-corrected chi connectivity index (χ0v) is 19.4. The van der Waals surface area contributed by atoms with Gasteiger partial charge in [-0.2, -0.15) is 0 Å². The second kappa shape index (κ2) is 9.16. The number of hydrogen-bond donors (Lipinski definition) is 2. The van der Waals surface area contributed by atoms with E-state index in [0.29, 0.717) is 6.42 Å². The molecule has 2 aromatic rings. The van der Waals surface area contributed by atoms with Crippen molar-refractivity contribution < 1.29 is 49.9 Å². The van der Waals surface area contributed by atoms with Crippen LogP contribution >= 0.6 is 7.82 Å². The summed E-state index contributed by atoms with van der Waals surface area (Å²) in [6.45, 7) is 9.90.